The molecule has 5 heteroatoms. The number of hydrogen-bond donors (Lipinski definition) is 0. The molecule has 0 bridgehead atoms. The van der Waals surface area contributed by atoms with Gasteiger partial charge >= 0.3 is 5.97 Å². The van der Waals surface area contributed by atoms with Crippen LogP contribution < -0.4 is 0 Å². The van der Waals surface area contributed by atoms with Gasteiger partial charge in [-0.1, -0.05) is 0 Å². The van der Waals surface area contributed by atoms with Gasteiger partial charge in [-0.05, 0) is 15.9 Å². The average molecular weight is 250 g/mol. The highest BCUT2D eigenvalue weighted by atomic mass is 79.9. The number of aryl methyl sites for hydroxylation is 1. The first kappa shape index (κ1) is 9.67. The smallest absolute Gasteiger partial charge is 0.305 e. The Morgan fingerprint density at radius 2 is 2.58 bits per heavy atom. The number of carbonyl (C=O) groups is 1. The average Bonchev–Trinajstić information content (AvgIpc) is 2.47. The van der Waals surface area contributed by atoms with Crippen molar-refractivity contribution in [2.24, 2.45) is 0 Å². The Hall–Kier alpha value is -0.420. The topological polar surface area (TPSA) is 39.2 Å². The van der Waals surface area contributed by atoms with Crippen LogP contribution in [0.3, 0.4) is 0 Å². The zero-order chi connectivity index (χ0) is 8.97. The van der Waals surface area contributed by atoms with E-state index in [0.717, 1.165) is 8.79 Å². The molecule has 0 aliphatic heterocycles. The second-order valence-electron chi connectivity index (χ2n) is 2.13. The van der Waals surface area contributed by atoms with Gasteiger partial charge in [-0.3, -0.25) is 4.79 Å². The number of carbonyl (C=O) groups excluding carboxylic acids is 1. The van der Waals surface area contributed by atoms with Crippen LogP contribution >= 0.6 is 27.3 Å². The van der Waals surface area contributed by atoms with Gasteiger partial charge in [-0.15, -0.1) is 11.3 Å². The summed E-state index contributed by atoms with van der Waals surface area (Å²) in [5.41, 5.74) is 0. The van der Waals surface area contributed by atoms with Crippen LogP contribution in [0.15, 0.2) is 9.98 Å². The van der Waals surface area contributed by atoms with Gasteiger partial charge in [0, 0.05) is 6.42 Å². The van der Waals surface area contributed by atoms with Crippen molar-refractivity contribution in [3.8, 4) is 0 Å². The Bertz CT molecular complexity index is 274. The minimum absolute atomic E-state index is 0.193. The van der Waals surface area contributed by atoms with Gasteiger partial charge < -0.3 is 4.74 Å². The minimum atomic E-state index is -0.193. The molecule has 0 fully saturated rings. The predicted octanol–water partition coefficient (Wildman–Crippen LogP) is 2.01. The molecule has 3 nitrogen and oxygen atoms in total. The van der Waals surface area contributed by atoms with E-state index in [4.69, 9.17) is 0 Å². The Kier molecular flexibility index (Phi) is 3.68. The first-order valence-corrected chi connectivity index (χ1v) is 5.00. The van der Waals surface area contributed by atoms with E-state index in [-0.39, 0.29) is 5.97 Å². The molecule has 1 heterocycles. The number of thiazole rings is 1. The summed E-state index contributed by atoms with van der Waals surface area (Å²) in [6.07, 6.45) is 2.79. The molecule has 0 spiro atoms. The lowest BCUT2D eigenvalue weighted by Gasteiger charge is -1.94. The molecule has 0 aromatic carbocycles. The molecule has 0 amide bonds. The Balaban J connectivity index is 2.38. The van der Waals surface area contributed by atoms with E-state index in [1.54, 1.807) is 6.20 Å². The number of rotatable bonds is 3. The highest BCUT2D eigenvalue weighted by molar-refractivity contribution is 9.11. The second kappa shape index (κ2) is 4.57. The zero-order valence-corrected chi connectivity index (χ0v) is 8.94. The number of hydrogen-bond acceptors (Lipinski definition) is 4. The van der Waals surface area contributed by atoms with Crippen LogP contribution in [0, 0.1) is 0 Å². The number of ether oxygens (including phenoxy) is 1. The molecular weight excluding hydrogens is 242 g/mol. The quantitative estimate of drug-likeness (QED) is 0.770. The van der Waals surface area contributed by atoms with Gasteiger partial charge in [0.05, 0.1) is 28.5 Å². The van der Waals surface area contributed by atoms with Gasteiger partial charge in [0.2, 0.25) is 0 Å². The molecule has 12 heavy (non-hydrogen) atoms. The SMILES string of the molecule is COC(=O)CCc1ncc(Br)s1. The first-order valence-electron chi connectivity index (χ1n) is 3.39. The van der Waals surface area contributed by atoms with E-state index in [1.165, 1.54) is 18.4 Å². The van der Waals surface area contributed by atoms with Crippen molar-refractivity contribution in [3.05, 3.63) is 15.0 Å². The van der Waals surface area contributed by atoms with Crippen LogP contribution in [0.4, 0.5) is 0 Å². The maximum atomic E-state index is 10.7. The third kappa shape index (κ3) is 2.91. The normalized spacial score (nSPS) is 9.83. The maximum absolute atomic E-state index is 10.7. The molecule has 0 radical (unpaired) electrons. The lowest BCUT2D eigenvalue weighted by atomic mass is 10.3. The first-order chi connectivity index (χ1) is 5.72. The summed E-state index contributed by atoms with van der Waals surface area (Å²) in [7, 11) is 1.39. The fraction of sp³-hybridized carbons (Fsp3) is 0.429. The molecular formula is C7H8BrNO2S. The number of halogens is 1. The number of aromatic nitrogens is 1. The molecule has 0 aliphatic carbocycles. The third-order valence-electron chi connectivity index (χ3n) is 1.30. The van der Waals surface area contributed by atoms with Crippen molar-refractivity contribution < 1.29 is 9.53 Å². The van der Waals surface area contributed by atoms with E-state index < -0.39 is 0 Å². The zero-order valence-electron chi connectivity index (χ0n) is 6.54. The van der Waals surface area contributed by atoms with Gasteiger partial charge in [0.1, 0.15) is 0 Å². The number of methoxy groups -OCH3 is 1. The molecule has 66 valence electrons. The summed E-state index contributed by atoms with van der Waals surface area (Å²) >= 11 is 4.83. The molecule has 0 saturated heterocycles. The summed E-state index contributed by atoms with van der Waals surface area (Å²) in [6, 6.07) is 0. The predicted molar refractivity (Wildman–Crippen MR) is 50.2 cm³/mol. The van der Waals surface area contributed by atoms with Gasteiger partial charge in [0.25, 0.3) is 0 Å². The number of esters is 1. The maximum Gasteiger partial charge on any atom is 0.305 e. The second-order valence-corrected chi connectivity index (χ2v) is 4.63. The molecule has 0 unspecified atom stereocenters. The fourth-order valence-corrected chi connectivity index (χ4v) is 2.02. The Morgan fingerprint density at radius 3 is 3.08 bits per heavy atom. The van der Waals surface area contributed by atoms with Crippen molar-refractivity contribution in [1.29, 1.82) is 0 Å². The van der Waals surface area contributed by atoms with Crippen LogP contribution in [0.2, 0.25) is 0 Å². The van der Waals surface area contributed by atoms with Crippen molar-refractivity contribution in [2.75, 3.05) is 7.11 Å². The van der Waals surface area contributed by atoms with Crippen LogP contribution in [0.25, 0.3) is 0 Å². The van der Waals surface area contributed by atoms with Gasteiger partial charge in [0.15, 0.2) is 0 Å². The van der Waals surface area contributed by atoms with Crippen molar-refractivity contribution in [2.45, 2.75) is 12.8 Å². The molecule has 1 aromatic heterocycles. The molecule has 0 aliphatic rings. The van der Waals surface area contributed by atoms with E-state index in [2.05, 4.69) is 25.7 Å². The largest absolute Gasteiger partial charge is 0.469 e. The summed E-state index contributed by atoms with van der Waals surface area (Å²) in [5, 5.41) is 0.951. The summed E-state index contributed by atoms with van der Waals surface area (Å²) in [4.78, 5) is 14.8. The summed E-state index contributed by atoms with van der Waals surface area (Å²) < 4.78 is 5.49. The molecule has 1 rings (SSSR count). The highest BCUT2D eigenvalue weighted by Crippen LogP contribution is 2.19. The van der Waals surface area contributed by atoms with E-state index >= 15 is 0 Å². The van der Waals surface area contributed by atoms with Gasteiger partial charge in [-0.25, -0.2) is 4.98 Å². The third-order valence-corrected chi connectivity index (χ3v) is 2.83. The summed E-state index contributed by atoms with van der Waals surface area (Å²) in [5.74, 6) is -0.193. The van der Waals surface area contributed by atoms with Crippen LogP contribution in [-0.2, 0) is 16.0 Å². The molecule has 1 aromatic rings. The highest BCUT2D eigenvalue weighted by Gasteiger charge is 2.04. The van der Waals surface area contributed by atoms with E-state index in [1.807, 2.05) is 0 Å². The van der Waals surface area contributed by atoms with E-state index in [0.29, 0.717) is 12.8 Å². The molecule has 0 N–H and O–H groups in total. The standard InChI is InChI=1S/C7H8BrNO2S/c1-11-7(10)3-2-6-9-4-5(8)12-6/h4H,2-3H2,1H3. The monoisotopic (exact) mass is 249 g/mol. The number of nitrogens with zero attached hydrogens (tertiary/aromatic N) is 1. The van der Waals surface area contributed by atoms with Crippen molar-refractivity contribution in [1.82, 2.24) is 4.98 Å². The molecule has 0 saturated carbocycles. The summed E-state index contributed by atoms with van der Waals surface area (Å²) in [6.45, 7) is 0. The fourth-order valence-electron chi connectivity index (χ4n) is 0.715. The lowest BCUT2D eigenvalue weighted by molar-refractivity contribution is -0.140. The van der Waals surface area contributed by atoms with Crippen LogP contribution in [-0.4, -0.2) is 18.1 Å². The van der Waals surface area contributed by atoms with E-state index in [9.17, 15) is 4.79 Å². The van der Waals surface area contributed by atoms with Crippen molar-refractivity contribution >= 4 is 33.2 Å². The Morgan fingerprint density at radius 1 is 1.83 bits per heavy atom. The molecule has 0 atom stereocenters. The van der Waals surface area contributed by atoms with Crippen LogP contribution in [0.1, 0.15) is 11.4 Å². The minimum Gasteiger partial charge on any atom is -0.469 e. The van der Waals surface area contributed by atoms with Gasteiger partial charge in [-0.2, -0.15) is 0 Å². The Labute approximate surface area is 82.9 Å². The lowest BCUT2D eigenvalue weighted by Crippen LogP contribution is -2.01. The van der Waals surface area contributed by atoms with Crippen LogP contribution in [0.5, 0.6) is 0 Å². The van der Waals surface area contributed by atoms with Crippen molar-refractivity contribution in [3.63, 3.8) is 0 Å².